The highest BCUT2D eigenvalue weighted by molar-refractivity contribution is 7.53. The molecule has 2 heterocycles. The number of alkyl halides is 3. The Kier molecular flexibility index (Phi) is 5.62. The number of hydrogen-bond donors (Lipinski definition) is 4. The van der Waals surface area contributed by atoms with Crippen molar-refractivity contribution in [2.45, 2.75) is 24.1 Å². The Hall–Kier alpha value is -2.20. The summed E-state index contributed by atoms with van der Waals surface area (Å²) in [4.78, 5) is 25.7. The van der Waals surface area contributed by atoms with E-state index in [0.29, 0.717) is 22.8 Å². The largest absolute Gasteiger partial charge is 0.493 e. The van der Waals surface area contributed by atoms with Crippen LogP contribution in [0.1, 0.15) is 23.2 Å². The first-order valence-corrected chi connectivity index (χ1v) is 10.1. The maximum atomic E-state index is 13.4. The molecule has 1 aromatic carbocycles. The first-order valence-electron chi connectivity index (χ1n) is 8.02. The molecule has 0 spiro atoms. The van der Waals surface area contributed by atoms with E-state index in [4.69, 9.17) is 31.9 Å². The number of ether oxygens (including phenoxy) is 1. The van der Waals surface area contributed by atoms with Gasteiger partial charge >= 0.3 is 13.3 Å². The van der Waals surface area contributed by atoms with Crippen LogP contribution in [-0.2, 0) is 11.1 Å². The minimum Gasteiger partial charge on any atom is -0.493 e. The SMILES string of the molecule is NC1=Nc2c(ncn2Cc2ccccc2OCCC(F)(F)P(=O)(O)O)C(Cl)N1. The van der Waals surface area contributed by atoms with E-state index >= 15 is 0 Å². The van der Waals surface area contributed by atoms with Crippen LogP contribution in [0.15, 0.2) is 35.6 Å². The topological polar surface area (TPSA) is 135 Å². The third kappa shape index (κ3) is 4.27. The summed E-state index contributed by atoms with van der Waals surface area (Å²) in [5.74, 6) is 0.886. The van der Waals surface area contributed by atoms with Crippen molar-refractivity contribution in [1.82, 2.24) is 14.9 Å². The molecule has 5 N–H and O–H groups in total. The Bertz CT molecular complexity index is 948. The number of benzene rings is 1. The fourth-order valence-corrected chi connectivity index (χ4v) is 3.19. The van der Waals surface area contributed by atoms with Crippen LogP contribution in [0.5, 0.6) is 5.75 Å². The minimum absolute atomic E-state index is 0.137. The molecule has 2 aromatic rings. The summed E-state index contributed by atoms with van der Waals surface area (Å²) >= 11 is 6.13. The standard InChI is InChI=1S/C15H17ClF2N5O4P/c16-12-11-13(22-14(19)21-12)23(8-20-11)7-9-3-1-2-4-10(9)27-6-5-15(17,18)28(24,25)26/h1-4,8,12H,5-7H2,(H3,19,21,22)(H2,24,25,26). The van der Waals surface area contributed by atoms with Gasteiger partial charge in [0.2, 0.25) is 0 Å². The lowest BCUT2D eigenvalue weighted by Gasteiger charge is -2.19. The predicted octanol–water partition coefficient (Wildman–Crippen LogP) is 2.26. The summed E-state index contributed by atoms with van der Waals surface area (Å²) in [5.41, 5.74) is 2.03. The normalized spacial score (nSPS) is 16.9. The second-order valence-corrected chi connectivity index (χ2v) is 8.18. The van der Waals surface area contributed by atoms with E-state index < -0.39 is 31.8 Å². The molecule has 0 fully saturated rings. The predicted molar refractivity (Wildman–Crippen MR) is 97.9 cm³/mol. The average Bonchev–Trinajstić information content (AvgIpc) is 2.98. The van der Waals surface area contributed by atoms with E-state index in [1.165, 1.54) is 6.33 Å². The number of hydrogen-bond acceptors (Lipinski definition) is 6. The van der Waals surface area contributed by atoms with Gasteiger partial charge in [-0.25, -0.2) is 4.98 Å². The van der Waals surface area contributed by atoms with Gasteiger partial charge in [0.25, 0.3) is 0 Å². The molecule has 152 valence electrons. The van der Waals surface area contributed by atoms with Gasteiger partial charge in [-0.05, 0) is 6.07 Å². The Labute approximate surface area is 163 Å². The number of aromatic nitrogens is 2. The molecule has 9 nitrogen and oxygen atoms in total. The summed E-state index contributed by atoms with van der Waals surface area (Å²) in [6.07, 6.45) is 0.398. The maximum Gasteiger partial charge on any atom is 0.394 e. The van der Waals surface area contributed by atoms with E-state index in [2.05, 4.69) is 15.3 Å². The molecule has 0 saturated heterocycles. The van der Waals surface area contributed by atoms with Gasteiger partial charge in [0.05, 0.1) is 25.9 Å². The Morgan fingerprint density at radius 1 is 1.39 bits per heavy atom. The van der Waals surface area contributed by atoms with Crippen molar-refractivity contribution in [2.75, 3.05) is 6.61 Å². The van der Waals surface area contributed by atoms with Crippen LogP contribution in [0.4, 0.5) is 14.6 Å². The average molecular weight is 436 g/mol. The van der Waals surface area contributed by atoms with Gasteiger partial charge in [-0.3, -0.25) is 4.57 Å². The number of imidazole rings is 1. The van der Waals surface area contributed by atoms with Gasteiger partial charge in [-0.1, -0.05) is 29.8 Å². The second-order valence-electron chi connectivity index (χ2n) is 6.00. The Morgan fingerprint density at radius 3 is 2.82 bits per heavy atom. The highest BCUT2D eigenvalue weighted by atomic mass is 35.5. The molecule has 0 bridgehead atoms. The van der Waals surface area contributed by atoms with Crippen molar-refractivity contribution >= 4 is 31.0 Å². The van der Waals surface area contributed by atoms with Crippen LogP contribution in [0.2, 0.25) is 0 Å². The molecule has 0 aliphatic carbocycles. The van der Waals surface area contributed by atoms with Crippen molar-refractivity contribution in [3.63, 3.8) is 0 Å². The number of nitrogens with one attached hydrogen (secondary N) is 1. The summed E-state index contributed by atoms with van der Waals surface area (Å²) in [7, 11) is -5.54. The molecule has 28 heavy (non-hydrogen) atoms. The second kappa shape index (κ2) is 7.67. The van der Waals surface area contributed by atoms with E-state index in [-0.39, 0.29) is 12.5 Å². The molecule has 13 heteroatoms. The highest BCUT2D eigenvalue weighted by Crippen LogP contribution is 2.54. The van der Waals surface area contributed by atoms with E-state index in [0.717, 1.165) is 0 Å². The van der Waals surface area contributed by atoms with Crippen molar-refractivity contribution in [3.8, 4) is 5.75 Å². The number of halogens is 3. The third-order valence-electron chi connectivity index (χ3n) is 3.98. The molecule has 3 rings (SSSR count). The fraction of sp³-hybridized carbons (Fsp3) is 0.333. The molecule has 1 atom stereocenters. The van der Waals surface area contributed by atoms with Gasteiger partial charge in [0.1, 0.15) is 11.4 Å². The van der Waals surface area contributed by atoms with Crippen LogP contribution in [0.3, 0.4) is 0 Å². The van der Waals surface area contributed by atoms with Gasteiger partial charge in [0, 0.05) is 5.56 Å². The molecule has 1 aliphatic rings. The van der Waals surface area contributed by atoms with Crippen molar-refractivity contribution < 1.29 is 27.9 Å². The van der Waals surface area contributed by atoms with Crippen molar-refractivity contribution in [2.24, 2.45) is 10.7 Å². The summed E-state index contributed by atoms with van der Waals surface area (Å²) in [6, 6.07) is 6.67. The van der Waals surface area contributed by atoms with Crippen molar-refractivity contribution in [3.05, 3.63) is 41.9 Å². The number of aliphatic imine (C=N–C) groups is 1. The maximum absolute atomic E-state index is 13.4. The molecule has 1 aliphatic heterocycles. The lowest BCUT2D eigenvalue weighted by Crippen LogP contribution is -2.35. The Morgan fingerprint density at radius 2 is 2.11 bits per heavy atom. The number of fused-ring (bicyclic) bond motifs is 1. The van der Waals surface area contributed by atoms with Crippen LogP contribution in [0, 0.1) is 0 Å². The van der Waals surface area contributed by atoms with Crippen LogP contribution >= 0.6 is 19.2 Å². The molecule has 0 radical (unpaired) electrons. The molecule has 0 amide bonds. The van der Waals surface area contributed by atoms with E-state index in [9.17, 15) is 13.3 Å². The summed E-state index contributed by atoms with van der Waals surface area (Å²) in [5, 5.41) is 2.74. The van der Waals surface area contributed by atoms with Gasteiger partial charge in [-0.15, -0.1) is 0 Å². The molecule has 1 unspecified atom stereocenters. The zero-order valence-electron chi connectivity index (χ0n) is 14.3. The summed E-state index contributed by atoms with van der Waals surface area (Å²) < 4.78 is 44.6. The quantitative estimate of drug-likeness (QED) is 0.297. The lowest BCUT2D eigenvalue weighted by atomic mass is 10.2. The summed E-state index contributed by atoms with van der Waals surface area (Å²) in [6.45, 7) is -0.330. The van der Waals surface area contributed by atoms with Gasteiger partial charge in [0.15, 0.2) is 17.3 Å². The fourth-order valence-electron chi connectivity index (χ4n) is 2.54. The first kappa shape index (κ1) is 20.5. The molecule has 1 aromatic heterocycles. The highest BCUT2D eigenvalue weighted by Gasteiger charge is 2.48. The number of para-hydroxylation sites is 1. The van der Waals surface area contributed by atoms with Crippen LogP contribution in [-0.4, -0.2) is 37.6 Å². The smallest absolute Gasteiger partial charge is 0.394 e. The Balaban J connectivity index is 1.75. The first-order chi connectivity index (χ1) is 13.1. The molecular formula is C15H17ClF2N5O4P. The third-order valence-corrected chi connectivity index (χ3v) is 5.37. The van der Waals surface area contributed by atoms with E-state index in [1.54, 1.807) is 28.8 Å². The van der Waals surface area contributed by atoms with E-state index in [1.807, 2.05) is 0 Å². The lowest BCUT2D eigenvalue weighted by molar-refractivity contribution is 0.0367. The molecular weight excluding hydrogens is 419 g/mol. The zero-order valence-corrected chi connectivity index (χ0v) is 15.9. The van der Waals surface area contributed by atoms with Gasteiger partial charge in [-0.2, -0.15) is 13.8 Å². The number of guanidine groups is 1. The molecule has 0 saturated carbocycles. The number of nitrogens with two attached hydrogens (primary N) is 1. The van der Waals surface area contributed by atoms with Crippen molar-refractivity contribution in [1.29, 1.82) is 0 Å². The van der Waals surface area contributed by atoms with Crippen LogP contribution < -0.4 is 15.8 Å². The monoisotopic (exact) mass is 435 g/mol. The van der Waals surface area contributed by atoms with Gasteiger partial charge < -0.3 is 30.1 Å². The zero-order chi connectivity index (χ0) is 20.5. The number of rotatable bonds is 7. The minimum atomic E-state index is -5.54. The van der Waals surface area contributed by atoms with Crippen LogP contribution in [0.25, 0.3) is 0 Å². The number of nitrogens with zero attached hydrogens (tertiary/aromatic N) is 3.